The lowest BCUT2D eigenvalue weighted by atomic mass is 10.1. The number of hydrogen-bond acceptors (Lipinski definition) is 3. The number of benzene rings is 1. The summed E-state index contributed by atoms with van der Waals surface area (Å²) in [5, 5.41) is 8.98. The van der Waals surface area contributed by atoms with Gasteiger partial charge < -0.3 is 15.7 Å². The normalized spacial score (nSPS) is 11.4. The van der Waals surface area contributed by atoms with Gasteiger partial charge in [0.2, 0.25) is 0 Å². The Labute approximate surface area is 108 Å². The van der Waals surface area contributed by atoms with Gasteiger partial charge in [-0.1, -0.05) is 0 Å². The van der Waals surface area contributed by atoms with E-state index in [2.05, 4.69) is 0 Å². The molecule has 0 aliphatic heterocycles. The maximum Gasteiger partial charge on any atom is 0.390 e. The highest BCUT2D eigenvalue weighted by Gasteiger charge is 2.27. The summed E-state index contributed by atoms with van der Waals surface area (Å²) in [7, 11) is 1.47. The fraction of sp³-hybridized carbons (Fsp3) is 0.417. The Hall–Kier alpha value is -1.92. The smallest absolute Gasteiger partial charge is 0.390 e. The van der Waals surface area contributed by atoms with Gasteiger partial charge in [0.15, 0.2) is 0 Å². The second-order valence-electron chi connectivity index (χ2n) is 4.32. The third-order valence-electron chi connectivity index (χ3n) is 2.77. The van der Waals surface area contributed by atoms with E-state index in [-0.39, 0.29) is 17.8 Å². The number of aromatic carboxylic acids is 1. The Morgan fingerprint density at radius 1 is 1.42 bits per heavy atom. The molecule has 0 saturated heterocycles. The monoisotopic (exact) mass is 276 g/mol. The zero-order valence-electron chi connectivity index (χ0n) is 10.6. The molecule has 4 nitrogen and oxygen atoms in total. The van der Waals surface area contributed by atoms with Crippen LogP contribution in [0.2, 0.25) is 0 Å². The van der Waals surface area contributed by atoms with E-state index in [0.717, 1.165) is 0 Å². The minimum atomic E-state index is -4.24. The summed E-state index contributed by atoms with van der Waals surface area (Å²) in [6, 6.07) is 2.85. The van der Waals surface area contributed by atoms with Crippen molar-refractivity contribution in [3.05, 3.63) is 23.3 Å². The Balaban J connectivity index is 2.98. The largest absolute Gasteiger partial charge is 0.478 e. The third kappa shape index (κ3) is 4.04. The number of anilines is 2. The average molecular weight is 276 g/mol. The summed E-state index contributed by atoms with van der Waals surface area (Å²) >= 11 is 0. The van der Waals surface area contributed by atoms with Crippen molar-refractivity contribution >= 4 is 17.3 Å². The highest BCUT2D eigenvalue weighted by molar-refractivity contribution is 5.95. The van der Waals surface area contributed by atoms with E-state index >= 15 is 0 Å². The van der Waals surface area contributed by atoms with Crippen LogP contribution in [0, 0.1) is 6.92 Å². The van der Waals surface area contributed by atoms with Crippen LogP contribution >= 0.6 is 0 Å². The number of nitrogen functional groups attached to an aromatic ring is 1. The Morgan fingerprint density at radius 3 is 2.47 bits per heavy atom. The van der Waals surface area contributed by atoms with Crippen molar-refractivity contribution in [2.75, 3.05) is 24.2 Å². The van der Waals surface area contributed by atoms with Crippen LogP contribution in [0.15, 0.2) is 12.1 Å². The third-order valence-corrected chi connectivity index (χ3v) is 2.77. The molecule has 0 aliphatic carbocycles. The van der Waals surface area contributed by atoms with Gasteiger partial charge in [0.1, 0.15) is 0 Å². The summed E-state index contributed by atoms with van der Waals surface area (Å²) < 4.78 is 36.4. The van der Waals surface area contributed by atoms with E-state index in [1.807, 2.05) is 0 Å². The van der Waals surface area contributed by atoms with Crippen molar-refractivity contribution < 1.29 is 23.1 Å². The number of carboxylic acids is 1. The van der Waals surface area contributed by atoms with E-state index in [9.17, 15) is 18.0 Å². The lowest BCUT2D eigenvalue weighted by Crippen LogP contribution is -2.24. The van der Waals surface area contributed by atoms with Crippen molar-refractivity contribution in [2.24, 2.45) is 0 Å². The van der Waals surface area contributed by atoms with Gasteiger partial charge in [-0.15, -0.1) is 0 Å². The number of nitrogens with two attached hydrogens (primary N) is 1. The number of nitrogens with zero attached hydrogens (tertiary/aromatic N) is 1. The molecule has 0 spiro atoms. The molecule has 19 heavy (non-hydrogen) atoms. The van der Waals surface area contributed by atoms with Crippen molar-refractivity contribution in [1.29, 1.82) is 0 Å². The van der Waals surface area contributed by atoms with Gasteiger partial charge in [-0.05, 0) is 24.6 Å². The zero-order chi connectivity index (χ0) is 14.8. The molecule has 0 fully saturated rings. The first-order chi connectivity index (χ1) is 8.61. The molecule has 0 radical (unpaired) electrons. The van der Waals surface area contributed by atoms with Crippen LogP contribution < -0.4 is 10.6 Å². The maximum absolute atomic E-state index is 12.1. The lowest BCUT2D eigenvalue weighted by Gasteiger charge is -2.21. The van der Waals surface area contributed by atoms with Crippen molar-refractivity contribution in [3.63, 3.8) is 0 Å². The van der Waals surface area contributed by atoms with Crippen LogP contribution in [0.3, 0.4) is 0 Å². The van der Waals surface area contributed by atoms with Crippen LogP contribution in [0.5, 0.6) is 0 Å². The van der Waals surface area contributed by atoms with Gasteiger partial charge in [0.05, 0.1) is 12.0 Å². The molecular formula is C12H15F3N2O2. The molecule has 0 atom stereocenters. The first kappa shape index (κ1) is 15.1. The van der Waals surface area contributed by atoms with Crippen molar-refractivity contribution in [1.82, 2.24) is 0 Å². The first-order valence-electron chi connectivity index (χ1n) is 5.53. The molecule has 0 amide bonds. The molecule has 0 aromatic heterocycles. The quantitative estimate of drug-likeness (QED) is 0.830. The number of halogens is 3. The molecular weight excluding hydrogens is 261 g/mol. The summed E-state index contributed by atoms with van der Waals surface area (Å²) in [5.74, 6) is -1.20. The fourth-order valence-corrected chi connectivity index (χ4v) is 1.60. The second kappa shape index (κ2) is 5.38. The van der Waals surface area contributed by atoms with Crippen LogP contribution in [-0.4, -0.2) is 30.8 Å². The fourth-order valence-electron chi connectivity index (χ4n) is 1.60. The van der Waals surface area contributed by atoms with Gasteiger partial charge in [-0.3, -0.25) is 0 Å². The SMILES string of the molecule is Cc1cc(N(C)CCC(F)(F)F)cc(C(=O)O)c1N. The average Bonchev–Trinajstić information content (AvgIpc) is 2.28. The topological polar surface area (TPSA) is 66.6 Å². The van der Waals surface area contributed by atoms with Crippen LogP contribution in [0.4, 0.5) is 24.5 Å². The number of rotatable bonds is 4. The summed E-state index contributed by atoms with van der Waals surface area (Å²) in [6.07, 6.45) is -5.21. The number of alkyl halides is 3. The highest BCUT2D eigenvalue weighted by atomic mass is 19.4. The van der Waals surface area contributed by atoms with Gasteiger partial charge in [-0.25, -0.2) is 4.79 Å². The number of aryl methyl sites for hydroxylation is 1. The molecule has 0 heterocycles. The maximum atomic E-state index is 12.1. The van der Waals surface area contributed by atoms with Crippen LogP contribution in [-0.2, 0) is 0 Å². The second-order valence-corrected chi connectivity index (χ2v) is 4.32. The molecule has 1 aromatic rings. The minimum absolute atomic E-state index is 0.103. The van der Waals surface area contributed by atoms with Gasteiger partial charge >= 0.3 is 12.1 Å². The standard InChI is InChI=1S/C12H15F3N2O2/c1-7-5-8(6-9(10(7)16)11(18)19)17(2)4-3-12(13,14)15/h5-6H,3-4,16H2,1-2H3,(H,18,19). The van der Waals surface area contributed by atoms with E-state index in [1.165, 1.54) is 18.0 Å². The predicted octanol–water partition coefficient (Wildman–Crippen LogP) is 2.66. The summed E-state index contributed by atoms with van der Waals surface area (Å²) in [5.41, 5.74) is 6.56. The Bertz CT molecular complexity index is 487. The highest BCUT2D eigenvalue weighted by Crippen LogP contribution is 2.26. The predicted molar refractivity (Wildman–Crippen MR) is 66.5 cm³/mol. The Morgan fingerprint density at radius 2 is 2.00 bits per heavy atom. The number of carboxylic acid groups (broad SMARTS) is 1. The van der Waals surface area contributed by atoms with E-state index in [0.29, 0.717) is 11.3 Å². The number of carbonyl (C=O) groups is 1. The molecule has 3 N–H and O–H groups in total. The molecule has 0 saturated carbocycles. The van der Waals surface area contributed by atoms with Gasteiger partial charge in [0.25, 0.3) is 0 Å². The van der Waals surface area contributed by atoms with Gasteiger partial charge in [0, 0.05) is 25.0 Å². The lowest BCUT2D eigenvalue weighted by molar-refractivity contribution is -0.132. The van der Waals surface area contributed by atoms with Crippen LogP contribution in [0.1, 0.15) is 22.3 Å². The molecule has 1 rings (SSSR count). The molecule has 0 unspecified atom stereocenters. The summed E-state index contributed by atoms with van der Waals surface area (Å²) in [6.45, 7) is 1.37. The zero-order valence-corrected chi connectivity index (χ0v) is 10.6. The molecule has 7 heteroatoms. The number of hydrogen-bond donors (Lipinski definition) is 2. The Kier molecular flexibility index (Phi) is 4.28. The van der Waals surface area contributed by atoms with Crippen molar-refractivity contribution in [2.45, 2.75) is 19.5 Å². The van der Waals surface area contributed by atoms with Crippen molar-refractivity contribution in [3.8, 4) is 0 Å². The molecule has 106 valence electrons. The minimum Gasteiger partial charge on any atom is -0.478 e. The van der Waals surface area contributed by atoms with E-state index < -0.39 is 18.6 Å². The van der Waals surface area contributed by atoms with Gasteiger partial charge in [-0.2, -0.15) is 13.2 Å². The summed E-state index contributed by atoms with van der Waals surface area (Å²) in [4.78, 5) is 12.3. The first-order valence-corrected chi connectivity index (χ1v) is 5.53. The molecule has 0 bridgehead atoms. The van der Waals surface area contributed by atoms with Crippen LogP contribution in [0.25, 0.3) is 0 Å². The molecule has 0 aliphatic rings. The molecule has 1 aromatic carbocycles. The van der Waals surface area contributed by atoms with E-state index in [4.69, 9.17) is 10.8 Å². The van der Waals surface area contributed by atoms with E-state index in [1.54, 1.807) is 13.0 Å².